The van der Waals surface area contributed by atoms with E-state index in [1.165, 1.54) is 0 Å². The summed E-state index contributed by atoms with van der Waals surface area (Å²) >= 11 is 0. The number of nitrogens with two attached hydrogens (primary N) is 3. The highest BCUT2D eigenvalue weighted by Gasteiger charge is 2.18. The van der Waals surface area contributed by atoms with E-state index in [1.54, 1.807) is 0 Å². The van der Waals surface area contributed by atoms with E-state index in [2.05, 4.69) is 34.6 Å². The molecule has 0 radical (unpaired) electrons. The number of aliphatic imine (C=N–C) groups is 1. The molecule has 0 fully saturated rings. The van der Waals surface area contributed by atoms with Gasteiger partial charge in [0.1, 0.15) is 0 Å². The van der Waals surface area contributed by atoms with E-state index in [-0.39, 0.29) is 24.2 Å². The molecule has 0 aliphatic heterocycles. The zero-order valence-electron chi connectivity index (χ0n) is 25.2. The molecule has 5 rings (SSSR count). The minimum Gasteiger partial charge on any atom is -0.370 e. The van der Waals surface area contributed by atoms with Crippen molar-refractivity contribution in [1.29, 1.82) is 0 Å². The smallest absolute Gasteiger partial charge is 0.251 e. The SMILES string of the molecule is NCCNC(=O)c1ccccc1-c1cccc(CN(Cc2cccc3ccccc23)C(=O)Cc2cccc(CN=C(N)N)c2)c1. The lowest BCUT2D eigenvalue weighted by atomic mass is 9.97. The van der Waals surface area contributed by atoms with Crippen LogP contribution in [0.4, 0.5) is 0 Å². The summed E-state index contributed by atoms with van der Waals surface area (Å²) < 4.78 is 0. The highest BCUT2D eigenvalue weighted by Crippen LogP contribution is 2.27. The molecule has 0 saturated heterocycles. The molecule has 0 aromatic heterocycles. The van der Waals surface area contributed by atoms with Gasteiger partial charge in [-0.05, 0) is 56.3 Å². The van der Waals surface area contributed by atoms with Gasteiger partial charge in [-0.15, -0.1) is 0 Å². The van der Waals surface area contributed by atoms with E-state index >= 15 is 0 Å². The quantitative estimate of drug-likeness (QED) is 0.121. The number of benzene rings is 5. The second-order valence-electron chi connectivity index (χ2n) is 10.9. The molecule has 0 aliphatic carbocycles. The molecule has 0 heterocycles. The summed E-state index contributed by atoms with van der Waals surface area (Å²) in [4.78, 5) is 32.9. The van der Waals surface area contributed by atoms with Crippen LogP contribution in [0.2, 0.25) is 0 Å². The van der Waals surface area contributed by atoms with Crippen LogP contribution in [-0.2, 0) is 30.8 Å². The maximum absolute atomic E-state index is 14.0. The Bertz CT molecular complexity index is 1820. The Balaban J connectivity index is 1.45. The predicted octanol–water partition coefficient (Wildman–Crippen LogP) is 4.74. The molecule has 0 atom stereocenters. The Hall–Kier alpha value is -5.47. The maximum Gasteiger partial charge on any atom is 0.251 e. The fourth-order valence-electron chi connectivity index (χ4n) is 5.45. The third-order valence-electron chi connectivity index (χ3n) is 7.60. The third kappa shape index (κ3) is 8.13. The summed E-state index contributed by atoms with van der Waals surface area (Å²) in [5.74, 6) is -0.149. The van der Waals surface area contributed by atoms with Crippen LogP contribution in [0, 0.1) is 0 Å². The van der Waals surface area contributed by atoms with Crippen LogP contribution >= 0.6 is 0 Å². The van der Waals surface area contributed by atoms with Crippen LogP contribution in [0.1, 0.15) is 32.6 Å². The highest BCUT2D eigenvalue weighted by molar-refractivity contribution is 6.01. The van der Waals surface area contributed by atoms with Crippen LogP contribution in [0.3, 0.4) is 0 Å². The average molecular weight is 599 g/mol. The van der Waals surface area contributed by atoms with E-state index in [9.17, 15) is 9.59 Å². The minimum absolute atomic E-state index is 0.00566. The summed E-state index contributed by atoms with van der Waals surface area (Å²) in [6.45, 7) is 1.95. The first kappa shape index (κ1) is 31.0. The summed E-state index contributed by atoms with van der Waals surface area (Å²) in [6, 6.07) is 37.7. The van der Waals surface area contributed by atoms with Gasteiger partial charge in [0.25, 0.3) is 5.91 Å². The van der Waals surface area contributed by atoms with Gasteiger partial charge in [-0.2, -0.15) is 0 Å². The molecule has 228 valence electrons. The van der Waals surface area contributed by atoms with Crippen LogP contribution in [0.15, 0.2) is 120 Å². The number of rotatable bonds is 12. The zero-order chi connectivity index (χ0) is 31.6. The fourth-order valence-corrected chi connectivity index (χ4v) is 5.45. The third-order valence-corrected chi connectivity index (χ3v) is 7.60. The topological polar surface area (TPSA) is 140 Å². The molecule has 2 amide bonds. The van der Waals surface area contributed by atoms with E-state index in [1.807, 2.05) is 95.9 Å². The lowest BCUT2D eigenvalue weighted by Crippen LogP contribution is -2.31. The molecular weight excluding hydrogens is 560 g/mol. The second-order valence-corrected chi connectivity index (χ2v) is 10.9. The Morgan fingerprint density at radius 2 is 1.44 bits per heavy atom. The maximum atomic E-state index is 14.0. The van der Waals surface area contributed by atoms with E-state index in [0.29, 0.717) is 38.3 Å². The molecule has 0 saturated carbocycles. The lowest BCUT2D eigenvalue weighted by molar-refractivity contribution is -0.131. The summed E-state index contributed by atoms with van der Waals surface area (Å²) in [5.41, 5.74) is 22.8. The molecule has 0 aliphatic rings. The van der Waals surface area contributed by atoms with Crippen molar-refractivity contribution in [2.24, 2.45) is 22.2 Å². The fraction of sp³-hybridized carbons (Fsp3) is 0.162. The standard InChI is InChI=1S/C37H38N6O2/c38-18-19-41-36(45)34-17-4-3-16-33(34)30-13-6-10-28(21-30)24-43(25-31-14-7-12-29-11-1-2-15-32(29)31)35(44)22-26-8-5-9-27(20-26)23-42-37(39)40/h1-17,20-21H,18-19,22-25,38H2,(H,41,45)(H4,39,40,42). The van der Waals surface area contributed by atoms with Gasteiger partial charge in [-0.3, -0.25) is 9.59 Å². The van der Waals surface area contributed by atoms with Crippen LogP contribution in [0.5, 0.6) is 0 Å². The molecule has 0 spiro atoms. The molecule has 0 bridgehead atoms. The Morgan fingerprint density at radius 1 is 0.733 bits per heavy atom. The number of fused-ring (bicyclic) bond motifs is 1. The van der Waals surface area contributed by atoms with Gasteiger partial charge in [-0.25, -0.2) is 4.99 Å². The van der Waals surface area contributed by atoms with Gasteiger partial charge in [-0.1, -0.05) is 103 Å². The second kappa shape index (κ2) is 14.8. The van der Waals surface area contributed by atoms with Crippen molar-refractivity contribution < 1.29 is 9.59 Å². The Labute approximate surface area is 263 Å². The Morgan fingerprint density at radius 3 is 2.29 bits per heavy atom. The van der Waals surface area contributed by atoms with Crippen molar-refractivity contribution in [3.05, 3.63) is 143 Å². The van der Waals surface area contributed by atoms with Crippen molar-refractivity contribution >= 4 is 28.5 Å². The van der Waals surface area contributed by atoms with Gasteiger partial charge < -0.3 is 27.4 Å². The normalized spacial score (nSPS) is 10.8. The molecule has 7 N–H and O–H groups in total. The molecule has 5 aromatic carbocycles. The first-order chi connectivity index (χ1) is 21.9. The first-order valence-electron chi connectivity index (χ1n) is 15.0. The van der Waals surface area contributed by atoms with Gasteiger partial charge >= 0.3 is 0 Å². The minimum atomic E-state index is -0.170. The van der Waals surface area contributed by atoms with Crippen molar-refractivity contribution in [1.82, 2.24) is 10.2 Å². The largest absolute Gasteiger partial charge is 0.370 e. The number of nitrogens with one attached hydrogen (secondary N) is 1. The number of hydrogen-bond donors (Lipinski definition) is 4. The van der Waals surface area contributed by atoms with Crippen molar-refractivity contribution in [3.8, 4) is 11.1 Å². The van der Waals surface area contributed by atoms with Crippen LogP contribution < -0.4 is 22.5 Å². The summed E-state index contributed by atoms with van der Waals surface area (Å²) in [5, 5.41) is 5.11. The predicted molar refractivity (Wildman–Crippen MR) is 181 cm³/mol. The average Bonchev–Trinajstić information content (AvgIpc) is 3.06. The lowest BCUT2D eigenvalue weighted by Gasteiger charge is -2.24. The van der Waals surface area contributed by atoms with Gasteiger partial charge in [0, 0.05) is 31.7 Å². The van der Waals surface area contributed by atoms with Crippen molar-refractivity contribution in [2.75, 3.05) is 13.1 Å². The monoisotopic (exact) mass is 598 g/mol. The summed E-state index contributed by atoms with van der Waals surface area (Å²) in [7, 11) is 0. The number of amides is 2. The van der Waals surface area contributed by atoms with E-state index in [4.69, 9.17) is 17.2 Å². The number of carbonyl (C=O) groups excluding carboxylic acids is 2. The number of carbonyl (C=O) groups is 2. The molecule has 8 heteroatoms. The number of guanidine groups is 1. The molecule has 8 nitrogen and oxygen atoms in total. The van der Waals surface area contributed by atoms with Crippen molar-refractivity contribution in [3.63, 3.8) is 0 Å². The highest BCUT2D eigenvalue weighted by atomic mass is 16.2. The molecule has 45 heavy (non-hydrogen) atoms. The summed E-state index contributed by atoms with van der Waals surface area (Å²) in [6.07, 6.45) is 0.226. The zero-order valence-corrected chi connectivity index (χ0v) is 25.2. The van der Waals surface area contributed by atoms with E-state index in [0.717, 1.165) is 44.2 Å². The van der Waals surface area contributed by atoms with Gasteiger partial charge in [0.2, 0.25) is 5.91 Å². The first-order valence-corrected chi connectivity index (χ1v) is 15.0. The van der Waals surface area contributed by atoms with Crippen LogP contribution in [-0.4, -0.2) is 35.8 Å². The van der Waals surface area contributed by atoms with E-state index < -0.39 is 0 Å². The molecular formula is C37H38N6O2. The Kier molecular flexibility index (Phi) is 10.2. The van der Waals surface area contributed by atoms with Crippen LogP contribution in [0.25, 0.3) is 21.9 Å². The van der Waals surface area contributed by atoms with Gasteiger partial charge in [0.05, 0.1) is 13.0 Å². The number of hydrogen-bond acceptors (Lipinski definition) is 4. The van der Waals surface area contributed by atoms with Gasteiger partial charge in [0.15, 0.2) is 5.96 Å². The molecule has 5 aromatic rings. The van der Waals surface area contributed by atoms with Crippen molar-refractivity contribution in [2.45, 2.75) is 26.1 Å². The number of nitrogens with zero attached hydrogens (tertiary/aromatic N) is 2. The molecule has 0 unspecified atom stereocenters.